The van der Waals surface area contributed by atoms with Gasteiger partial charge in [0.05, 0.1) is 6.10 Å². The Kier molecular flexibility index (Phi) is 4.88. The fourth-order valence-electron chi connectivity index (χ4n) is 1.64. The first-order chi connectivity index (χ1) is 7.13. The molecular formula is C11H22N2O2. The summed E-state index contributed by atoms with van der Waals surface area (Å²) in [5.41, 5.74) is 0. The summed E-state index contributed by atoms with van der Waals surface area (Å²) in [6.07, 6.45) is 2.32. The third-order valence-electron chi connectivity index (χ3n) is 3.01. The van der Waals surface area contributed by atoms with Crippen LogP contribution in [0.25, 0.3) is 0 Å². The molecular weight excluding hydrogens is 192 g/mol. The van der Waals surface area contributed by atoms with Gasteiger partial charge in [0.15, 0.2) is 0 Å². The second kappa shape index (κ2) is 5.95. The number of carbonyl (C=O) groups excluding carboxylic acids is 1. The van der Waals surface area contributed by atoms with Crippen LogP contribution in [0.2, 0.25) is 0 Å². The molecule has 0 saturated carbocycles. The molecule has 4 heteroatoms. The molecule has 1 heterocycles. The van der Waals surface area contributed by atoms with E-state index in [1.165, 1.54) is 0 Å². The van der Waals surface area contributed by atoms with Gasteiger partial charge in [0.25, 0.3) is 0 Å². The van der Waals surface area contributed by atoms with Crippen molar-refractivity contribution in [1.82, 2.24) is 10.2 Å². The number of amides is 2. The Morgan fingerprint density at radius 1 is 1.53 bits per heavy atom. The number of nitrogens with zero attached hydrogens (tertiary/aromatic N) is 1. The molecule has 1 N–H and O–H groups in total. The molecule has 1 atom stereocenters. The lowest BCUT2D eigenvalue weighted by molar-refractivity contribution is 0.113. The molecule has 0 aromatic carbocycles. The summed E-state index contributed by atoms with van der Waals surface area (Å²) in [6, 6.07) is 0.0470. The largest absolute Gasteiger partial charge is 0.380 e. The third kappa shape index (κ3) is 4.08. The minimum absolute atomic E-state index is 0.0470. The Hall–Kier alpha value is -0.770. The summed E-state index contributed by atoms with van der Waals surface area (Å²) >= 11 is 0. The van der Waals surface area contributed by atoms with E-state index in [-0.39, 0.29) is 12.1 Å². The third-order valence-corrected chi connectivity index (χ3v) is 3.01. The van der Waals surface area contributed by atoms with Gasteiger partial charge in [-0.05, 0) is 25.7 Å². The monoisotopic (exact) mass is 214 g/mol. The summed E-state index contributed by atoms with van der Waals surface area (Å²) in [5, 5.41) is 2.88. The number of ether oxygens (including phenoxy) is 1. The fourth-order valence-corrected chi connectivity index (χ4v) is 1.64. The van der Waals surface area contributed by atoms with Crippen molar-refractivity contribution in [3.05, 3.63) is 0 Å². The van der Waals surface area contributed by atoms with Crippen LogP contribution >= 0.6 is 0 Å². The highest BCUT2D eigenvalue weighted by Crippen LogP contribution is 2.15. The molecule has 1 aliphatic heterocycles. The number of carbonyl (C=O) groups is 1. The predicted molar refractivity (Wildman–Crippen MR) is 59.8 cm³/mol. The van der Waals surface area contributed by atoms with Gasteiger partial charge in [0.1, 0.15) is 0 Å². The van der Waals surface area contributed by atoms with E-state index in [4.69, 9.17) is 4.74 Å². The van der Waals surface area contributed by atoms with Crippen LogP contribution in [0.1, 0.15) is 26.7 Å². The van der Waals surface area contributed by atoms with E-state index < -0.39 is 0 Å². The number of urea groups is 1. The SMILES string of the molecule is COC(C)CNC(=O)N1CCC(C)CC1. The van der Waals surface area contributed by atoms with Crippen LogP contribution in [0.5, 0.6) is 0 Å². The van der Waals surface area contributed by atoms with Gasteiger partial charge in [-0.25, -0.2) is 4.79 Å². The van der Waals surface area contributed by atoms with Gasteiger partial charge in [-0.3, -0.25) is 0 Å². The number of hydrogen-bond donors (Lipinski definition) is 1. The van der Waals surface area contributed by atoms with Crippen molar-refractivity contribution in [2.45, 2.75) is 32.8 Å². The maximum Gasteiger partial charge on any atom is 0.317 e. The highest BCUT2D eigenvalue weighted by Gasteiger charge is 2.19. The van der Waals surface area contributed by atoms with E-state index in [2.05, 4.69) is 12.2 Å². The zero-order valence-corrected chi connectivity index (χ0v) is 9.95. The van der Waals surface area contributed by atoms with Crippen molar-refractivity contribution >= 4 is 6.03 Å². The zero-order chi connectivity index (χ0) is 11.3. The lowest BCUT2D eigenvalue weighted by Gasteiger charge is -2.30. The van der Waals surface area contributed by atoms with Gasteiger partial charge < -0.3 is 15.0 Å². The van der Waals surface area contributed by atoms with E-state index in [0.717, 1.165) is 31.8 Å². The smallest absolute Gasteiger partial charge is 0.317 e. The first kappa shape index (κ1) is 12.3. The Morgan fingerprint density at radius 2 is 2.13 bits per heavy atom. The molecule has 1 rings (SSSR count). The normalized spacial score (nSPS) is 20.1. The first-order valence-corrected chi connectivity index (χ1v) is 5.69. The topological polar surface area (TPSA) is 41.6 Å². The van der Waals surface area contributed by atoms with Crippen molar-refractivity contribution in [2.75, 3.05) is 26.7 Å². The van der Waals surface area contributed by atoms with Crippen LogP contribution in [0.4, 0.5) is 4.79 Å². The van der Waals surface area contributed by atoms with Gasteiger partial charge in [-0.15, -0.1) is 0 Å². The molecule has 0 aliphatic carbocycles. The van der Waals surface area contributed by atoms with Crippen molar-refractivity contribution in [3.8, 4) is 0 Å². The van der Waals surface area contributed by atoms with Crippen LogP contribution in [-0.2, 0) is 4.74 Å². The Labute approximate surface area is 92.0 Å². The maximum atomic E-state index is 11.7. The van der Waals surface area contributed by atoms with Crippen LogP contribution in [0.15, 0.2) is 0 Å². The highest BCUT2D eigenvalue weighted by molar-refractivity contribution is 5.74. The van der Waals surface area contributed by atoms with Gasteiger partial charge in [-0.2, -0.15) is 0 Å². The van der Waals surface area contributed by atoms with Crippen molar-refractivity contribution in [1.29, 1.82) is 0 Å². The van der Waals surface area contributed by atoms with E-state index in [9.17, 15) is 4.79 Å². The summed E-state index contributed by atoms with van der Waals surface area (Å²) in [6.45, 7) is 6.53. The summed E-state index contributed by atoms with van der Waals surface area (Å²) < 4.78 is 5.07. The average Bonchev–Trinajstić information content (AvgIpc) is 2.26. The van der Waals surface area contributed by atoms with Crippen LogP contribution in [0.3, 0.4) is 0 Å². The fraction of sp³-hybridized carbons (Fsp3) is 0.909. The van der Waals surface area contributed by atoms with E-state index in [1.54, 1.807) is 7.11 Å². The van der Waals surface area contributed by atoms with Crippen molar-refractivity contribution in [3.63, 3.8) is 0 Å². The first-order valence-electron chi connectivity index (χ1n) is 5.69. The molecule has 88 valence electrons. The van der Waals surface area contributed by atoms with Gasteiger partial charge in [-0.1, -0.05) is 6.92 Å². The number of likely N-dealkylation sites (tertiary alicyclic amines) is 1. The molecule has 4 nitrogen and oxygen atoms in total. The molecule has 1 fully saturated rings. The van der Waals surface area contributed by atoms with Crippen LogP contribution < -0.4 is 5.32 Å². The van der Waals surface area contributed by atoms with Crippen LogP contribution in [0, 0.1) is 5.92 Å². The molecule has 1 aliphatic rings. The van der Waals surface area contributed by atoms with Gasteiger partial charge in [0.2, 0.25) is 0 Å². The molecule has 15 heavy (non-hydrogen) atoms. The van der Waals surface area contributed by atoms with Gasteiger partial charge in [0, 0.05) is 26.7 Å². The van der Waals surface area contributed by atoms with E-state index in [0.29, 0.717) is 6.54 Å². The standard InChI is InChI=1S/C11H22N2O2/c1-9-4-6-13(7-5-9)11(14)12-8-10(2)15-3/h9-10H,4-8H2,1-3H3,(H,12,14). The summed E-state index contributed by atoms with van der Waals surface area (Å²) in [7, 11) is 1.65. The second-order valence-corrected chi connectivity index (χ2v) is 4.40. The molecule has 0 aromatic heterocycles. The Morgan fingerprint density at radius 3 is 2.67 bits per heavy atom. The van der Waals surface area contributed by atoms with Crippen LogP contribution in [-0.4, -0.2) is 43.8 Å². The number of nitrogens with one attached hydrogen (secondary N) is 1. The van der Waals surface area contributed by atoms with E-state index >= 15 is 0 Å². The van der Waals surface area contributed by atoms with E-state index in [1.807, 2.05) is 11.8 Å². The Balaban J connectivity index is 2.22. The lowest BCUT2D eigenvalue weighted by Crippen LogP contribution is -2.46. The van der Waals surface area contributed by atoms with Crippen molar-refractivity contribution < 1.29 is 9.53 Å². The number of rotatable bonds is 3. The molecule has 0 radical (unpaired) electrons. The molecule has 0 spiro atoms. The Bertz CT molecular complexity index is 201. The van der Waals surface area contributed by atoms with Crippen molar-refractivity contribution in [2.24, 2.45) is 5.92 Å². The minimum Gasteiger partial charge on any atom is -0.380 e. The molecule has 2 amide bonds. The summed E-state index contributed by atoms with van der Waals surface area (Å²) in [5.74, 6) is 0.756. The molecule has 1 unspecified atom stereocenters. The predicted octanol–water partition coefficient (Wildman–Crippen LogP) is 1.46. The highest BCUT2D eigenvalue weighted by atomic mass is 16.5. The number of hydrogen-bond acceptors (Lipinski definition) is 2. The number of methoxy groups -OCH3 is 1. The summed E-state index contributed by atoms with van der Waals surface area (Å²) in [4.78, 5) is 13.6. The molecule has 0 aromatic rings. The lowest BCUT2D eigenvalue weighted by atomic mass is 10.00. The quantitative estimate of drug-likeness (QED) is 0.773. The number of piperidine rings is 1. The second-order valence-electron chi connectivity index (χ2n) is 4.40. The molecule has 0 bridgehead atoms. The maximum absolute atomic E-state index is 11.7. The minimum atomic E-state index is 0.0470. The van der Waals surface area contributed by atoms with Gasteiger partial charge >= 0.3 is 6.03 Å². The zero-order valence-electron chi connectivity index (χ0n) is 9.95. The molecule has 1 saturated heterocycles. The average molecular weight is 214 g/mol.